The number of aliphatic hydroxyl groups is 1. The highest BCUT2D eigenvalue weighted by Crippen LogP contribution is 2.46. The Morgan fingerprint density at radius 1 is 0.780 bits per heavy atom. The number of phenols is 2. The third-order valence-corrected chi connectivity index (χ3v) is 7.25. The minimum atomic E-state index is -0.586. The molecule has 0 amide bonds. The van der Waals surface area contributed by atoms with Gasteiger partial charge in [0, 0.05) is 17.9 Å². The van der Waals surface area contributed by atoms with Crippen molar-refractivity contribution in [3.63, 3.8) is 0 Å². The molecular formula is C33H34O8. The fourth-order valence-corrected chi connectivity index (χ4v) is 5.18. The van der Waals surface area contributed by atoms with Gasteiger partial charge in [0.25, 0.3) is 0 Å². The molecule has 3 atom stereocenters. The molecule has 0 aromatic heterocycles. The van der Waals surface area contributed by atoms with Crippen molar-refractivity contribution in [2.75, 3.05) is 28.4 Å². The van der Waals surface area contributed by atoms with E-state index in [1.165, 1.54) is 32.4 Å². The number of methoxy groups -OCH3 is 4. The molecule has 0 saturated carbocycles. The largest absolute Gasteiger partial charge is 0.508 e. The number of hydrogen-bond donors (Lipinski definition) is 3. The van der Waals surface area contributed by atoms with Crippen LogP contribution >= 0.6 is 0 Å². The Balaban J connectivity index is 1.73. The zero-order valence-corrected chi connectivity index (χ0v) is 23.4. The first-order valence-corrected chi connectivity index (χ1v) is 13.0. The summed E-state index contributed by atoms with van der Waals surface area (Å²) in [5.74, 6) is 0.0688. The molecule has 0 spiro atoms. The van der Waals surface area contributed by atoms with Gasteiger partial charge in [-0.25, -0.2) is 0 Å². The van der Waals surface area contributed by atoms with Gasteiger partial charge in [-0.1, -0.05) is 36.4 Å². The van der Waals surface area contributed by atoms with Gasteiger partial charge in [-0.3, -0.25) is 4.79 Å². The lowest BCUT2D eigenvalue weighted by Gasteiger charge is -2.34. The molecule has 41 heavy (non-hydrogen) atoms. The molecule has 1 aliphatic rings. The number of aliphatic hydroxyl groups excluding tert-OH is 1. The first kappa shape index (κ1) is 29.1. The minimum Gasteiger partial charge on any atom is -0.508 e. The van der Waals surface area contributed by atoms with E-state index in [0.29, 0.717) is 35.0 Å². The molecule has 8 heteroatoms. The van der Waals surface area contributed by atoms with E-state index in [0.717, 1.165) is 11.1 Å². The molecule has 3 aromatic carbocycles. The number of ketones is 1. The van der Waals surface area contributed by atoms with Crippen LogP contribution in [0.5, 0.6) is 34.5 Å². The van der Waals surface area contributed by atoms with Crippen molar-refractivity contribution in [2.24, 2.45) is 5.92 Å². The lowest BCUT2D eigenvalue weighted by atomic mass is 9.68. The number of rotatable bonds is 10. The van der Waals surface area contributed by atoms with Crippen LogP contribution in [0.4, 0.5) is 0 Å². The van der Waals surface area contributed by atoms with Gasteiger partial charge in [-0.15, -0.1) is 0 Å². The number of ether oxygens (including phenoxy) is 4. The van der Waals surface area contributed by atoms with Crippen LogP contribution in [-0.4, -0.2) is 49.5 Å². The molecule has 0 unspecified atom stereocenters. The van der Waals surface area contributed by atoms with Crippen molar-refractivity contribution in [3.05, 3.63) is 101 Å². The monoisotopic (exact) mass is 558 g/mol. The fourth-order valence-electron chi connectivity index (χ4n) is 5.18. The van der Waals surface area contributed by atoms with Crippen LogP contribution in [0, 0.1) is 5.92 Å². The van der Waals surface area contributed by atoms with Gasteiger partial charge in [0.05, 0.1) is 28.4 Å². The second-order valence-corrected chi connectivity index (χ2v) is 9.60. The Bertz CT molecular complexity index is 1490. The minimum absolute atomic E-state index is 0.00283. The molecule has 0 bridgehead atoms. The molecule has 3 aromatic rings. The summed E-state index contributed by atoms with van der Waals surface area (Å²) in [6.07, 6.45) is 8.89. The van der Waals surface area contributed by atoms with Crippen molar-refractivity contribution >= 4 is 11.9 Å². The molecule has 0 heterocycles. The van der Waals surface area contributed by atoms with E-state index in [-0.39, 0.29) is 34.9 Å². The predicted molar refractivity (Wildman–Crippen MR) is 156 cm³/mol. The average molecular weight is 559 g/mol. The summed E-state index contributed by atoms with van der Waals surface area (Å²) in [5.41, 5.74) is 2.35. The Morgan fingerprint density at radius 2 is 1.39 bits per heavy atom. The first-order chi connectivity index (χ1) is 19.8. The topological polar surface area (TPSA) is 115 Å². The van der Waals surface area contributed by atoms with Crippen LogP contribution in [0.15, 0.2) is 84.7 Å². The highest BCUT2D eigenvalue weighted by atomic mass is 16.5. The van der Waals surface area contributed by atoms with E-state index in [1.807, 2.05) is 24.3 Å². The van der Waals surface area contributed by atoms with Gasteiger partial charge in [0.15, 0.2) is 40.3 Å². The normalized spacial score (nSPS) is 18.7. The van der Waals surface area contributed by atoms with Gasteiger partial charge in [0.1, 0.15) is 5.76 Å². The van der Waals surface area contributed by atoms with Gasteiger partial charge in [-0.05, 0) is 71.5 Å². The van der Waals surface area contributed by atoms with E-state index in [4.69, 9.17) is 18.9 Å². The van der Waals surface area contributed by atoms with Crippen molar-refractivity contribution in [3.8, 4) is 34.5 Å². The summed E-state index contributed by atoms with van der Waals surface area (Å²) in [4.78, 5) is 13.9. The number of phenolic OH excluding ortho intramolecular Hbond substituents is 2. The SMILES string of the molecule is COc1cc(C=CC(O)=CC(=O)[C@@H]2[C@@H](c3ccc(O)c(OC)c3)CC=C[C@H]2c2ccc(OC)c(OC)c2)ccc1O. The second-order valence-electron chi connectivity index (χ2n) is 9.60. The molecule has 1 aliphatic carbocycles. The van der Waals surface area contributed by atoms with Crippen molar-refractivity contribution in [2.45, 2.75) is 18.3 Å². The Hall–Kier alpha value is -4.85. The van der Waals surface area contributed by atoms with Gasteiger partial charge in [-0.2, -0.15) is 0 Å². The first-order valence-electron chi connectivity index (χ1n) is 13.0. The lowest BCUT2D eigenvalue weighted by Crippen LogP contribution is -2.29. The van der Waals surface area contributed by atoms with E-state index in [2.05, 4.69) is 0 Å². The highest BCUT2D eigenvalue weighted by molar-refractivity contribution is 5.94. The highest BCUT2D eigenvalue weighted by Gasteiger charge is 2.37. The standard InChI is InChI=1S/C33H34O8/c1-38-29-15-11-22(18-32(29)41-4)25-7-5-6-24(21-10-14-27(36)31(17-21)40-3)33(25)28(37)19-23(34)12-8-20-9-13-26(35)30(16-20)39-2/h5,7-19,24-25,33-36H,6H2,1-4H3/t24-,25+,33-/m1/s1. The summed E-state index contributed by atoms with van der Waals surface area (Å²) in [7, 11) is 6.05. The molecule has 4 rings (SSSR count). The summed E-state index contributed by atoms with van der Waals surface area (Å²) >= 11 is 0. The number of carbonyl (C=O) groups excluding carboxylic acids is 1. The zero-order chi connectivity index (χ0) is 29.5. The fraction of sp³-hybridized carbons (Fsp3) is 0.242. The lowest BCUT2D eigenvalue weighted by molar-refractivity contribution is -0.119. The van der Waals surface area contributed by atoms with Crippen molar-refractivity contribution < 1.29 is 39.1 Å². The molecule has 0 saturated heterocycles. The van der Waals surface area contributed by atoms with Crippen LogP contribution < -0.4 is 18.9 Å². The van der Waals surface area contributed by atoms with Gasteiger partial charge < -0.3 is 34.3 Å². The Kier molecular flexibility index (Phi) is 9.24. The maximum atomic E-state index is 13.9. The molecule has 0 radical (unpaired) electrons. The maximum Gasteiger partial charge on any atom is 0.163 e. The predicted octanol–water partition coefficient (Wildman–Crippen LogP) is 6.30. The molecule has 214 valence electrons. The average Bonchev–Trinajstić information content (AvgIpc) is 3.00. The van der Waals surface area contributed by atoms with E-state index in [9.17, 15) is 20.1 Å². The van der Waals surface area contributed by atoms with Crippen LogP contribution in [0.1, 0.15) is 34.9 Å². The smallest absolute Gasteiger partial charge is 0.163 e. The molecule has 3 N–H and O–H groups in total. The van der Waals surface area contributed by atoms with Crippen LogP contribution in [-0.2, 0) is 4.79 Å². The van der Waals surface area contributed by atoms with Crippen LogP contribution in [0.2, 0.25) is 0 Å². The summed E-state index contributed by atoms with van der Waals surface area (Å²) < 4.78 is 21.4. The zero-order valence-electron chi connectivity index (χ0n) is 23.4. The Morgan fingerprint density at radius 3 is 2.07 bits per heavy atom. The molecule has 0 fully saturated rings. The Labute approximate surface area is 239 Å². The van der Waals surface area contributed by atoms with Gasteiger partial charge >= 0.3 is 0 Å². The summed E-state index contributed by atoms with van der Waals surface area (Å²) in [6, 6.07) is 15.4. The quantitative estimate of drug-likeness (QED) is 0.115. The third-order valence-electron chi connectivity index (χ3n) is 7.25. The summed E-state index contributed by atoms with van der Waals surface area (Å²) in [6.45, 7) is 0. The molecular weight excluding hydrogens is 524 g/mol. The third kappa shape index (κ3) is 6.49. The second kappa shape index (κ2) is 13.0. The van der Waals surface area contributed by atoms with Crippen molar-refractivity contribution in [1.29, 1.82) is 0 Å². The summed E-state index contributed by atoms with van der Waals surface area (Å²) in [5, 5.41) is 30.7. The number of aromatic hydroxyl groups is 2. The van der Waals surface area contributed by atoms with E-state index < -0.39 is 5.92 Å². The van der Waals surface area contributed by atoms with E-state index >= 15 is 0 Å². The van der Waals surface area contributed by atoms with E-state index in [1.54, 1.807) is 56.7 Å². The van der Waals surface area contributed by atoms with Gasteiger partial charge in [0.2, 0.25) is 0 Å². The molecule has 0 aliphatic heterocycles. The number of benzene rings is 3. The molecule has 8 nitrogen and oxygen atoms in total. The number of hydrogen-bond acceptors (Lipinski definition) is 8. The van der Waals surface area contributed by atoms with Crippen molar-refractivity contribution in [1.82, 2.24) is 0 Å². The maximum absolute atomic E-state index is 13.9. The number of allylic oxidation sites excluding steroid dienone is 4. The van der Waals surface area contributed by atoms with Crippen LogP contribution in [0.25, 0.3) is 6.08 Å². The van der Waals surface area contributed by atoms with Crippen LogP contribution in [0.3, 0.4) is 0 Å². The number of carbonyl (C=O) groups is 1.